The molecule has 2 rings (SSSR count). The molecule has 6 heteroatoms. The summed E-state index contributed by atoms with van der Waals surface area (Å²) in [5.41, 5.74) is 0.408. The molecule has 1 aromatic rings. The van der Waals surface area contributed by atoms with Crippen molar-refractivity contribution < 1.29 is 4.79 Å². The maximum atomic E-state index is 12.0. The molecule has 1 aromatic heterocycles. The molecule has 1 amide bonds. The lowest BCUT2D eigenvalue weighted by Crippen LogP contribution is -2.42. The van der Waals surface area contributed by atoms with Gasteiger partial charge in [0.15, 0.2) is 5.69 Å². The normalized spacial score (nSPS) is 21.1. The summed E-state index contributed by atoms with van der Waals surface area (Å²) in [5, 5.41) is 13.1. The van der Waals surface area contributed by atoms with E-state index in [1.54, 1.807) is 0 Å². The van der Waals surface area contributed by atoms with Gasteiger partial charge in [-0.2, -0.15) is 15.4 Å². The molecule has 1 saturated heterocycles. The molecule has 16 heavy (non-hydrogen) atoms. The zero-order valence-electron chi connectivity index (χ0n) is 9.44. The van der Waals surface area contributed by atoms with E-state index in [1.165, 1.54) is 12.6 Å². The van der Waals surface area contributed by atoms with Crippen LogP contribution in [0.2, 0.25) is 0 Å². The van der Waals surface area contributed by atoms with E-state index in [0.717, 1.165) is 26.1 Å². The predicted molar refractivity (Wildman–Crippen MR) is 58.9 cm³/mol. The molecule has 1 aliphatic rings. The second-order valence-corrected chi connectivity index (χ2v) is 4.17. The van der Waals surface area contributed by atoms with Crippen LogP contribution in [0.1, 0.15) is 23.3 Å². The summed E-state index contributed by atoms with van der Waals surface area (Å²) < 4.78 is 0. The monoisotopic (exact) mass is 223 g/mol. The molecule has 0 aliphatic carbocycles. The molecular formula is C10H17N5O. The Labute approximate surface area is 94.4 Å². The summed E-state index contributed by atoms with van der Waals surface area (Å²) in [6, 6.07) is 0. The van der Waals surface area contributed by atoms with Crippen LogP contribution in [0.4, 0.5) is 0 Å². The van der Waals surface area contributed by atoms with Gasteiger partial charge in [0, 0.05) is 13.1 Å². The molecule has 0 spiro atoms. The molecule has 88 valence electrons. The maximum Gasteiger partial charge on any atom is 0.276 e. The molecule has 2 N–H and O–H groups in total. The number of nitrogens with one attached hydrogen (secondary N) is 2. The van der Waals surface area contributed by atoms with E-state index in [9.17, 15) is 4.79 Å². The van der Waals surface area contributed by atoms with Gasteiger partial charge in [-0.05, 0) is 32.4 Å². The Morgan fingerprint density at radius 2 is 2.62 bits per heavy atom. The van der Waals surface area contributed by atoms with Crippen LogP contribution < -0.4 is 5.32 Å². The number of likely N-dealkylation sites (tertiary alicyclic amines) is 1. The second kappa shape index (κ2) is 5.07. The van der Waals surface area contributed by atoms with Crippen LogP contribution in [-0.4, -0.2) is 52.9 Å². The summed E-state index contributed by atoms with van der Waals surface area (Å²) in [4.78, 5) is 13.9. The Balaban J connectivity index is 1.96. The number of hydrogen-bond donors (Lipinski definition) is 2. The largest absolute Gasteiger partial charge is 0.337 e. The molecule has 0 radical (unpaired) electrons. The van der Waals surface area contributed by atoms with E-state index in [-0.39, 0.29) is 5.91 Å². The fourth-order valence-electron chi connectivity index (χ4n) is 2.17. The maximum absolute atomic E-state index is 12.0. The van der Waals surface area contributed by atoms with Crippen molar-refractivity contribution in [2.45, 2.75) is 12.8 Å². The Bertz CT molecular complexity index is 335. The van der Waals surface area contributed by atoms with E-state index in [1.807, 2.05) is 11.9 Å². The molecule has 2 heterocycles. The van der Waals surface area contributed by atoms with Gasteiger partial charge < -0.3 is 10.2 Å². The van der Waals surface area contributed by atoms with Gasteiger partial charge in [0.1, 0.15) is 0 Å². The van der Waals surface area contributed by atoms with Crippen molar-refractivity contribution in [2.24, 2.45) is 5.92 Å². The van der Waals surface area contributed by atoms with Gasteiger partial charge in [0.25, 0.3) is 5.91 Å². The molecule has 1 aliphatic heterocycles. The lowest BCUT2D eigenvalue weighted by atomic mass is 9.98. The topological polar surface area (TPSA) is 73.9 Å². The van der Waals surface area contributed by atoms with Crippen molar-refractivity contribution in [3.63, 3.8) is 0 Å². The minimum absolute atomic E-state index is 0.0189. The number of piperidine rings is 1. The van der Waals surface area contributed by atoms with Gasteiger partial charge in [-0.3, -0.25) is 4.79 Å². The first-order valence-corrected chi connectivity index (χ1v) is 5.61. The minimum atomic E-state index is -0.0189. The van der Waals surface area contributed by atoms with Crippen LogP contribution in [0, 0.1) is 5.92 Å². The lowest BCUT2D eigenvalue weighted by molar-refractivity contribution is 0.0668. The van der Waals surface area contributed by atoms with E-state index in [0.29, 0.717) is 11.6 Å². The fourth-order valence-corrected chi connectivity index (χ4v) is 2.17. The van der Waals surface area contributed by atoms with Gasteiger partial charge in [-0.25, -0.2) is 0 Å². The highest BCUT2D eigenvalue weighted by atomic mass is 16.2. The highest BCUT2D eigenvalue weighted by Gasteiger charge is 2.25. The number of aromatic nitrogens is 3. The quantitative estimate of drug-likeness (QED) is 0.749. The average Bonchev–Trinajstić information content (AvgIpc) is 2.82. The summed E-state index contributed by atoms with van der Waals surface area (Å²) in [6.45, 7) is 2.60. The fraction of sp³-hybridized carbons (Fsp3) is 0.700. The van der Waals surface area contributed by atoms with Crippen LogP contribution in [0.25, 0.3) is 0 Å². The minimum Gasteiger partial charge on any atom is -0.337 e. The lowest BCUT2D eigenvalue weighted by Gasteiger charge is -2.32. The highest BCUT2D eigenvalue weighted by Crippen LogP contribution is 2.17. The van der Waals surface area contributed by atoms with Gasteiger partial charge in [0.05, 0.1) is 6.20 Å². The molecule has 0 aromatic carbocycles. The summed E-state index contributed by atoms with van der Waals surface area (Å²) in [5.74, 6) is 0.532. The molecule has 0 bridgehead atoms. The second-order valence-electron chi connectivity index (χ2n) is 4.17. The third-order valence-electron chi connectivity index (χ3n) is 2.93. The van der Waals surface area contributed by atoms with Crippen molar-refractivity contribution in [3.8, 4) is 0 Å². The van der Waals surface area contributed by atoms with E-state index in [2.05, 4.69) is 20.7 Å². The smallest absolute Gasteiger partial charge is 0.276 e. The Kier molecular flexibility index (Phi) is 3.51. The first kappa shape index (κ1) is 11.1. The van der Waals surface area contributed by atoms with Crippen LogP contribution in [-0.2, 0) is 0 Å². The number of carbonyl (C=O) groups excluding carboxylic acids is 1. The van der Waals surface area contributed by atoms with Gasteiger partial charge >= 0.3 is 0 Å². The van der Waals surface area contributed by atoms with Crippen LogP contribution >= 0.6 is 0 Å². The molecule has 1 unspecified atom stereocenters. The number of aromatic amines is 1. The highest BCUT2D eigenvalue weighted by molar-refractivity contribution is 5.91. The molecular weight excluding hydrogens is 206 g/mol. The zero-order valence-corrected chi connectivity index (χ0v) is 9.44. The Hall–Kier alpha value is -1.43. The third kappa shape index (κ3) is 2.38. The van der Waals surface area contributed by atoms with E-state index >= 15 is 0 Å². The molecule has 1 atom stereocenters. The average molecular weight is 223 g/mol. The summed E-state index contributed by atoms with van der Waals surface area (Å²) in [7, 11) is 1.94. The molecule has 1 fully saturated rings. The van der Waals surface area contributed by atoms with Crippen molar-refractivity contribution in [3.05, 3.63) is 11.9 Å². The summed E-state index contributed by atoms with van der Waals surface area (Å²) >= 11 is 0. The SMILES string of the molecule is CNCC1CCCN(C(=O)c2cn[nH]n2)C1. The number of carbonyl (C=O) groups is 1. The van der Waals surface area contributed by atoms with Gasteiger partial charge in [-0.1, -0.05) is 0 Å². The van der Waals surface area contributed by atoms with Crippen LogP contribution in [0.5, 0.6) is 0 Å². The number of H-pyrrole nitrogens is 1. The zero-order chi connectivity index (χ0) is 11.4. The summed E-state index contributed by atoms with van der Waals surface area (Å²) in [6.07, 6.45) is 3.73. The van der Waals surface area contributed by atoms with Crippen LogP contribution in [0.15, 0.2) is 6.20 Å². The number of nitrogens with zero attached hydrogens (tertiary/aromatic N) is 3. The van der Waals surface area contributed by atoms with Crippen molar-refractivity contribution in [1.29, 1.82) is 0 Å². The Morgan fingerprint density at radius 1 is 1.75 bits per heavy atom. The predicted octanol–water partition coefficient (Wildman–Crippen LogP) is -0.124. The van der Waals surface area contributed by atoms with Crippen LogP contribution in [0.3, 0.4) is 0 Å². The molecule has 6 nitrogen and oxygen atoms in total. The van der Waals surface area contributed by atoms with Gasteiger partial charge in [-0.15, -0.1) is 0 Å². The standard InChI is InChI=1S/C10H17N5O/c1-11-5-8-3-2-4-15(7-8)10(16)9-6-12-14-13-9/h6,8,11H,2-5,7H2,1H3,(H,12,13,14). The Morgan fingerprint density at radius 3 is 3.31 bits per heavy atom. The number of hydrogen-bond acceptors (Lipinski definition) is 4. The first-order chi connectivity index (χ1) is 7.81. The van der Waals surface area contributed by atoms with Gasteiger partial charge in [0.2, 0.25) is 0 Å². The third-order valence-corrected chi connectivity index (χ3v) is 2.93. The molecule has 0 saturated carbocycles. The van der Waals surface area contributed by atoms with E-state index < -0.39 is 0 Å². The van der Waals surface area contributed by atoms with Crippen molar-refractivity contribution in [1.82, 2.24) is 25.6 Å². The first-order valence-electron chi connectivity index (χ1n) is 5.61. The number of rotatable bonds is 3. The van der Waals surface area contributed by atoms with E-state index in [4.69, 9.17) is 0 Å². The number of amides is 1. The van der Waals surface area contributed by atoms with Crippen molar-refractivity contribution in [2.75, 3.05) is 26.7 Å². The van der Waals surface area contributed by atoms with Crippen molar-refractivity contribution >= 4 is 5.91 Å².